The fourth-order valence-corrected chi connectivity index (χ4v) is 9.78. The first-order chi connectivity index (χ1) is 37.6. The summed E-state index contributed by atoms with van der Waals surface area (Å²) in [6.07, 6.45) is 25.6. The van der Waals surface area contributed by atoms with Gasteiger partial charge in [0.25, 0.3) is 0 Å². The molecule has 1 radical (unpaired) electrons. The molecule has 9 heterocycles. The van der Waals surface area contributed by atoms with Gasteiger partial charge in [-0.05, 0) is 74.3 Å². The molecule has 0 aromatic carbocycles. The molecule has 401 valence electrons. The normalized spacial score (nSPS) is 11.9. The Morgan fingerprint density at radius 3 is 0.818 bits per heavy atom. The van der Waals surface area contributed by atoms with E-state index in [1.54, 1.807) is 0 Å². The third kappa shape index (κ3) is 14.2. The maximum Gasteiger partial charge on any atom is 0.213 e. The van der Waals surface area contributed by atoms with Crippen LogP contribution in [0.2, 0.25) is 0 Å². The molecule has 7 aromatic rings. The summed E-state index contributed by atoms with van der Waals surface area (Å²) in [6.45, 7) is 16.7. The van der Waals surface area contributed by atoms with Crippen LogP contribution in [0, 0.1) is 0 Å². The van der Waals surface area contributed by atoms with Gasteiger partial charge in [-0.3, -0.25) is 0 Å². The van der Waals surface area contributed by atoms with Gasteiger partial charge in [-0.2, -0.15) is 18.3 Å². The van der Waals surface area contributed by atoms with Gasteiger partial charge in [-0.25, -0.2) is 9.97 Å². The van der Waals surface area contributed by atoms with E-state index in [9.17, 15) is 0 Å². The van der Waals surface area contributed by atoms with Gasteiger partial charge in [0.2, 0.25) is 22.8 Å². The zero-order valence-electron chi connectivity index (χ0n) is 45.6. The summed E-state index contributed by atoms with van der Waals surface area (Å²) in [6, 6.07) is 34.0. The van der Waals surface area contributed by atoms with E-state index in [0.717, 1.165) is 168 Å². The van der Waals surface area contributed by atoms with Crippen LogP contribution in [-0.4, -0.2) is 62.8 Å². The maximum absolute atomic E-state index is 6.17. The van der Waals surface area contributed by atoms with Crippen molar-refractivity contribution in [1.82, 2.24) is 19.9 Å². The third-order valence-electron chi connectivity index (χ3n) is 13.9. The molecule has 0 fully saturated rings. The van der Waals surface area contributed by atoms with E-state index in [4.69, 9.17) is 38.9 Å². The number of rotatable bonds is 28. The first kappa shape index (κ1) is 56.8. The number of ether oxygens (including phenoxy) is 4. The third-order valence-corrected chi connectivity index (χ3v) is 13.9. The standard InChI is InChI=1S/C64H76N8O4.Mn/c1-5-9-41-73-45-37-69-33-17-13-21-57(69)61-49-25-27-51(65-49)62(58-22-14-18-34-70(58)38-46-74-42-10-6-2)53-29-31-55(67-53)64(60-24-16-20-36-72(60)40-48-76-44-12-8-4)56-32-30-54(68-56)63(52-28-26-50(61)66-52)59-23-15-19-35-71(59)39-47-75-43-11-7-3;/h13-36H,5-12,37-48H2,1-4H3;/q+2;. The van der Waals surface area contributed by atoms with Gasteiger partial charge < -0.3 is 28.9 Å². The molecule has 0 N–H and O–H groups in total. The molecule has 12 nitrogen and oxygen atoms in total. The molecule has 0 aliphatic carbocycles. The molecule has 77 heavy (non-hydrogen) atoms. The van der Waals surface area contributed by atoms with Crippen LogP contribution in [0.15, 0.2) is 122 Å². The molecule has 13 heteroatoms. The van der Waals surface area contributed by atoms with Gasteiger partial charge >= 0.3 is 0 Å². The average molecular weight is 1080 g/mol. The molecule has 0 amide bonds. The minimum Gasteiger partial charge on any atom is -0.656 e. The Morgan fingerprint density at radius 1 is 0.338 bits per heavy atom. The summed E-state index contributed by atoms with van der Waals surface area (Å²) >= 11 is 0. The second-order valence-electron chi connectivity index (χ2n) is 19.3. The summed E-state index contributed by atoms with van der Waals surface area (Å²) in [7, 11) is 0. The number of hydrogen-bond donors (Lipinski definition) is 0. The molecule has 0 saturated carbocycles. The monoisotopic (exact) mass is 1080 g/mol. The van der Waals surface area contributed by atoms with Crippen molar-refractivity contribution in [2.45, 2.75) is 105 Å². The molecule has 7 aromatic heterocycles. The molecule has 9 rings (SSSR count). The first-order valence-electron chi connectivity index (χ1n) is 27.9. The number of pyridine rings is 4. The SMILES string of the molecule is CCCCOCC[n+]1ccccc1-c1c2nc(c(-c3cccc[n+]3CCOCCCC)c3ccc([n-]3)c(-c3cccc[n+]3CCOCCCC)c3nc(c(-c4cccc[n+]4CCOCCCC)c4ccc1[n-]4)C=C3)C=C2.[Mn]. The van der Waals surface area contributed by atoms with Crippen LogP contribution in [0.5, 0.6) is 0 Å². The Kier molecular flexibility index (Phi) is 21.6. The van der Waals surface area contributed by atoms with Gasteiger partial charge in [0.05, 0.1) is 45.0 Å². The van der Waals surface area contributed by atoms with E-state index in [1.807, 2.05) is 0 Å². The maximum atomic E-state index is 6.17. The molecule has 0 spiro atoms. The molecule has 2 aliphatic heterocycles. The van der Waals surface area contributed by atoms with Gasteiger partial charge in [0.1, 0.15) is 26.4 Å². The van der Waals surface area contributed by atoms with Crippen molar-refractivity contribution in [3.63, 3.8) is 0 Å². The van der Waals surface area contributed by atoms with Crippen molar-refractivity contribution < 1.29 is 54.3 Å². The van der Waals surface area contributed by atoms with Crippen LogP contribution < -0.4 is 28.2 Å². The molecular weight excluding hydrogens is 1000 g/mol. The molecule has 8 bridgehead atoms. The zero-order valence-corrected chi connectivity index (χ0v) is 46.8. The second kappa shape index (κ2) is 29.3. The van der Waals surface area contributed by atoms with Crippen LogP contribution in [0.1, 0.15) is 102 Å². The average Bonchev–Trinajstić information content (AvgIpc) is 4.33. The number of hydrogen-bond acceptors (Lipinski definition) is 6. The van der Waals surface area contributed by atoms with Crippen molar-refractivity contribution in [2.75, 3.05) is 52.9 Å². The first-order valence-corrected chi connectivity index (χ1v) is 27.9. The Morgan fingerprint density at radius 2 is 0.584 bits per heavy atom. The van der Waals surface area contributed by atoms with Crippen LogP contribution in [0.4, 0.5) is 0 Å². The quantitative estimate of drug-likeness (QED) is 0.0271. The van der Waals surface area contributed by atoms with Crippen molar-refractivity contribution in [3.8, 4) is 45.0 Å². The van der Waals surface area contributed by atoms with Crippen molar-refractivity contribution in [2.24, 2.45) is 0 Å². The molecule has 0 unspecified atom stereocenters. The summed E-state index contributed by atoms with van der Waals surface area (Å²) < 4.78 is 33.7. The summed E-state index contributed by atoms with van der Waals surface area (Å²) in [5, 5.41) is 0. The number of aromatic nitrogens is 8. The number of unbranched alkanes of at least 4 members (excludes halogenated alkanes) is 4. The van der Waals surface area contributed by atoms with Crippen LogP contribution >= 0.6 is 0 Å². The largest absolute Gasteiger partial charge is 0.656 e. The Labute approximate surface area is 466 Å². The predicted molar refractivity (Wildman–Crippen MR) is 302 cm³/mol. The molecule has 0 atom stereocenters. The van der Waals surface area contributed by atoms with E-state index in [2.05, 4.69) is 192 Å². The van der Waals surface area contributed by atoms with Crippen LogP contribution in [0.25, 0.3) is 91.4 Å². The van der Waals surface area contributed by atoms with E-state index >= 15 is 0 Å². The van der Waals surface area contributed by atoms with Crippen LogP contribution in [-0.2, 0) is 62.2 Å². The van der Waals surface area contributed by atoms with E-state index in [-0.39, 0.29) is 17.1 Å². The van der Waals surface area contributed by atoms with E-state index in [0.29, 0.717) is 52.6 Å². The minimum atomic E-state index is 0. The molecule has 0 saturated heterocycles. The molecule has 2 aliphatic rings. The van der Waals surface area contributed by atoms with Gasteiger partial charge in [-0.1, -0.05) is 77.6 Å². The van der Waals surface area contributed by atoms with Crippen LogP contribution in [0.3, 0.4) is 0 Å². The van der Waals surface area contributed by atoms with Gasteiger partial charge in [0.15, 0.2) is 51.0 Å². The minimum absolute atomic E-state index is 0. The fraction of sp³-hybridized carbons (Fsp3) is 0.375. The zero-order chi connectivity index (χ0) is 52.3. The Balaban J connectivity index is 0.00000784. The number of nitrogens with zero attached hydrogens (tertiary/aromatic N) is 8. The summed E-state index contributed by atoms with van der Waals surface area (Å²) in [4.78, 5) is 22.6. The van der Waals surface area contributed by atoms with Gasteiger partial charge in [-0.15, -0.1) is 22.1 Å². The van der Waals surface area contributed by atoms with Crippen molar-refractivity contribution >= 4 is 46.4 Å². The second-order valence-corrected chi connectivity index (χ2v) is 19.3. The number of fused-ring (bicyclic) bond motifs is 8. The smallest absolute Gasteiger partial charge is 0.213 e. The van der Waals surface area contributed by atoms with E-state index in [1.165, 1.54) is 0 Å². The Hall–Kier alpha value is -6.44. The summed E-state index contributed by atoms with van der Waals surface area (Å²) in [5.74, 6) is 0. The van der Waals surface area contributed by atoms with E-state index < -0.39 is 0 Å². The van der Waals surface area contributed by atoms with Crippen molar-refractivity contribution in [3.05, 3.63) is 145 Å². The summed E-state index contributed by atoms with van der Waals surface area (Å²) in [5.41, 5.74) is 14.1. The van der Waals surface area contributed by atoms with Crippen molar-refractivity contribution in [1.29, 1.82) is 0 Å². The molecular formula is C64H76MnN8O4+2. The predicted octanol–water partition coefficient (Wildman–Crippen LogP) is 11.0. The van der Waals surface area contributed by atoms with Gasteiger partial charge in [0, 0.05) is 92.0 Å². The Bertz CT molecular complexity index is 2850. The topological polar surface area (TPSA) is 106 Å². The fourth-order valence-electron chi connectivity index (χ4n) is 9.78.